The quantitative estimate of drug-likeness (QED) is 0.717. The smallest absolute Gasteiger partial charge is 0.256 e. The van der Waals surface area contributed by atoms with Crippen LogP contribution in [-0.2, 0) is 0 Å². The molecular formula is C11H19N3O2S. The Morgan fingerprint density at radius 2 is 2.29 bits per heavy atom. The molecule has 96 valence electrons. The molecule has 0 aromatic carbocycles. The molecule has 0 fully saturated rings. The molecule has 1 unspecified atom stereocenters. The van der Waals surface area contributed by atoms with Crippen molar-refractivity contribution >= 4 is 22.4 Å². The van der Waals surface area contributed by atoms with E-state index in [4.69, 9.17) is 5.11 Å². The summed E-state index contributed by atoms with van der Waals surface area (Å²) in [5, 5.41) is 15.4. The summed E-state index contributed by atoms with van der Waals surface area (Å²) in [6.45, 7) is 4.54. The molecule has 1 rings (SSSR count). The Morgan fingerprint density at radius 3 is 2.88 bits per heavy atom. The molecule has 6 heteroatoms. The summed E-state index contributed by atoms with van der Waals surface area (Å²) in [4.78, 5) is 12.0. The largest absolute Gasteiger partial charge is 0.396 e. The fourth-order valence-corrected chi connectivity index (χ4v) is 2.23. The van der Waals surface area contributed by atoms with Crippen molar-refractivity contribution in [2.24, 2.45) is 5.92 Å². The van der Waals surface area contributed by atoms with Crippen molar-refractivity contribution in [3.8, 4) is 0 Å². The predicted molar refractivity (Wildman–Crippen MR) is 69.6 cm³/mol. The lowest BCUT2D eigenvalue weighted by molar-refractivity contribution is 0.0946. The van der Waals surface area contributed by atoms with Gasteiger partial charge in [-0.1, -0.05) is 6.92 Å². The zero-order chi connectivity index (χ0) is 12.8. The summed E-state index contributed by atoms with van der Waals surface area (Å²) in [5.41, 5.74) is 1.36. The van der Waals surface area contributed by atoms with Crippen molar-refractivity contribution < 1.29 is 9.90 Å². The zero-order valence-electron chi connectivity index (χ0n) is 10.4. The highest BCUT2D eigenvalue weighted by atomic mass is 32.1. The normalized spacial score (nSPS) is 12.2. The molecule has 0 aliphatic heterocycles. The predicted octanol–water partition coefficient (Wildman–Crippen LogP) is 1.24. The Morgan fingerprint density at radius 1 is 1.59 bits per heavy atom. The van der Waals surface area contributed by atoms with Crippen LogP contribution in [0.1, 0.15) is 29.4 Å². The Hall–Kier alpha value is -1.14. The van der Waals surface area contributed by atoms with Crippen molar-refractivity contribution in [3.05, 3.63) is 11.3 Å². The van der Waals surface area contributed by atoms with Crippen molar-refractivity contribution in [2.75, 3.05) is 25.5 Å². The van der Waals surface area contributed by atoms with Crippen LogP contribution in [0.3, 0.4) is 0 Å². The van der Waals surface area contributed by atoms with Crippen LogP contribution in [0.15, 0.2) is 0 Å². The number of carbonyl (C=O) groups is 1. The van der Waals surface area contributed by atoms with Gasteiger partial charge >= 0.3 is 0 Å². The van der Waals surface area contributed by atoms with Gasteiger partial charge in [-0.25, -0.2) is 0 Å². The molecule has 0 aliphatic carbocycles. The molecule has 0 bridgehead atoms. The number of aliphatic hydroxyl groups is 1. The molecule has 0 saturated heterocycles. The maximum Gasteiger partial charge on any atom is 0.256 e. The molecule has 1 heterocycles. The average molecular weight is 257 g/mol. The van der Waals surface area contributed by atoms with E-state index in [9.17, 15) is 4.79 Å². The Bertz CT molecular complexity index is 379. The average Bonchev–Trinajstić information content (AvgIpc) is 2.68. The summed E-state index contributed by atoms with van der Waals surface area (Å²) in [6, 6.07) is 0. The van der Waals surface area contributed by atoms with Gasteiger partial charge in [-0.2, -0.15) is 4.37 Å². The number of aryl methyl sites for hydroxylation is 1. The molecule has 1 aromatic heterocycles. The number of nitrogens with one attached hydrogen (secondary N) is 2. The standard InChI is InChI=1S/C11H19N3O2S/c1-7(4-5-15)6-13-10(16)9-8(2)14-17-11(9)12-3/h7,12,15H,4-6H2,1-3H3,(H,13,16). The van der Waals surface area contributed by atoms with E-state index < -0.39 is 0 Å². The van der Waals surface area contributed by atoms with Crippen LogP contribution in [0.5, 0.6) is 0 Å². The van der Waals surface area contributed by atoms with Crippen molar-refractivity contribution in [1.29, 1.82) is 0 Å². The summed E-state index contributed by atoms with van der Waals surface area (Å²) >= 11 is 1.29. The van der Waals surface area contributed by atoms with Gasteiger partial charge in [0, 0.05) is 20.2 Å². The van der Waals surface area contributed by atoms with Gasteiger partial charge in [0.2, 0.25) is 0 Å². The fourth-order valence-electron chi connectivity index (χ4n) is 1.49. The molecule has 0 spiro atoms. The maximum absolute atomic E-state index is 12.0. The molecule has 0 radical (unpaired) electrons. The Balaban J connectivity index is 2.60. The number of amides is 1. The summed E-state index contributed by atoms with van der Waals surface area (Å²) in [6.07, 6.45) is 0.694. The molecule has 1 aromatic rings. The summed E-state index contributed by atoms with van der Waals surface area (Å²) in [5.74, 6) is 0.166. The number of hydrogen-bond donors (Lipinski definition) is 3. The van der Waals surface area contributed by atoms with Crippen LogP contribution in [0.4, 0.5) is 5.00 Å². The van der Waals surface area contributed by atoms with Crippen LogP contribution in [0.2, 0.25) is 0 Å². The third kappa shape index (κ3) is 3.67. The second kappa shape index (κ2) is 6.56. The third-order valence-electron chi connectivity index (χ3n) is 2.55. The van der Waals surface area contributed by atoms with Gasteiger partial charge < -0.3 is 15.7 Å². The number of rotatable bonds is 6. The number of hydrogen-bond acceptors (Lipinski definition) is 5. The van der Waals surface area contributed by atoms with E-state index in [1.807, 2.05) is 13.8 Å². The van der Waals surface area contributed by atoms with E-state index in [-0.39, 0.29) is 18.4 Å². The van der Waals surface area contributed by atoms with Gasteiger partial charge in [0.05, 0.1) is 11.3 Å². The lowest BCUT2D eigenvalue weighted by atomic mass is 10.1. The highest BCUT2D eigenvalue weighted by Crippen LogP contribution is 2.23. The third-order valence-corrected chi connectivity index (χ3v) is 3.51. The van der Waals surface area contributed by atoms with E-state index in [0.29, 0.717) is 18.5 Å². The molecule has 17 heavy (non-hydrogen) atoms. The fraction of sp³-hybridized carbons (Fsp3) is 0.636. The van der Waals surface area contributed by atoms with Crippen LogP contribution in [0, 0.1) is 12.8 Å². The summed E-state index contributed by atoms with van der Waals surface area (Å²) < 4.78 is 4.15. The van der Waals surface area contributed by atoms with Crippen molar-refractivity contribution in [2.45, 2.75) is 20.3 Å². The monoisotopic (exact) mass is 257 g/mol. The topological polar surface area (TPSA) is 74.2 Å². The lowest BCUT2D eigenvalue weighted by Gasteiger charge is -2.11. The van der Waals surface area contributed by atoms with Crippen molar-refractivity contribution in [3.63, 3.8) is 0 Å². The number of aromatic nitrogens is 1. The molecule has 5 nitrogen and oxygen atoms in total. The van der Waals surface area contributed by atoms with Gasteiger partial charge in [0.15, 0.2) is 0 Å². The van der Waals surface area contributed by atoms with Crippen LogP contribution in [0.25, 0.3) is 0 Å². The minimum absolute atomic E-state index is 0.106. The minimum Gasteiger partial charge on any atom is -0.396 e. The second-order valence-electron chi connectivity index (χ2n) is 4.05. The molecule has 3 N–H and O–H groups in total. The van der Waals surface area contributed by atoms with Gasteiger partial charge in [-0.05, 0) is 30.8 Å². The van der Waals surface area contributed by atoms with Gasteiger partial charge in [-0.3, -0.25) is 4.79 Å². The lowest BCUT2D eigenvalue weighted by Crippen LogP contribution is -2.29. The Kier molecular flexibility index (Phi) is 5.37. The zero-order valence-corrected chi connectivity index (χ0v) is 11.2. The summed E-state index contributed by atoms with van der Waals surface area (Å²) in [7, 11) is 1.78. The number of nitrogens with zero attached hydrogens (tertiary/aromatic N) is 1. The first-order valence-electron chi connectivity index (χ1n) is 5.63. The molecular weight excluding hydrogens is 238 g/mol. The first-order valence-corrected chi connectivity index (χ1v) is 6.40. The number of carbonyl (C=O) groups excluding carboxylic acids is 1. The first kappa shape index (κ1) is 13.9. The van der Waals surface area contributed by atoms with Gasteiger partial charge in [0.1, 0.15) is 5.00 Å². The highest BCUT2D eigenvalue weighted by molar-refractivity contribution is 7.10. The number of aliphatic hydroxyl groups excluding tert-OH is 1. The van der Waals surface area contributed by atoms with Crippen LogP contribution >= 0.6 is 11.5 Å². The van der Waals surface area contributed by atoms with E-state index in [1.54, 1.807) is 7.05 Å². The van der Waals surface area contributed by atoms with Gasteiger partial charge in [0.25, 0.3) is 5.91 Å². The SMILES string of the molecule is CNc1snc(C)c1C(=O)NCC(C)CCO. The Labute approximate surface area is 105 Å². The second-order valence-corrected chi connectivity index (χ2v) is 4.82. The molecule has 0 aliphatic rings. The highest BCUT2D eigenvalue weighted by Gasteiger charge is 2.17. The molecule has 0 saturated carbocycles. The maximum atomic E-state index is 12.0. The first-order chi connectivity index (χ1) is 8.10. The van der Waals surface area contributed by atoms with Crippen LogP contribution in [-0.4, -0.2) is 35.6 Å². The minimum atomic E-state index is -0.106. The van der Waals surface area contributed by atoms with Crippen LogP contribution < -0.4 is 10.6 Å². The van der Waals surface area contributed by atoms with Gasteiger partial charge in [-0.15, -0.1) is 0 Å². The molecule has 1 atom stereocenters. The van der Waals surface area contributed by atoms with E-state index in [2.05, 4.69) is 15.0 Å². The van der Waals surface area contributed by atoms with E-state index in [1.165, 1.54) is 11.5 Å². The van der Waals surface area contributed by atoms with Crippen molar-refractivity contribution in [1.82, 2.24) is 9.69 Å². The van der Waals surface area contributed by atoms with E-state index in [0.717, 1.165) is 10.7 Å². The number of anilines is 1. The van der Waals surface area contributed by atoms with E-state index >= 15 is 0 Å². The molecule has 1 amide bonds.